The summed E-state index contributed by atoms with van der Waals surface area (Å²) in [6, 6.07) is 5.46. The molecular weight excluding hydrogens is 1270 g/mol. The first-order chi connectivity index (χ1) is 39.8. The third kappa shape index (κ3) is 14.0. The number of carbonyl (C=O) groups excluding carboxylic acids is 2. The number of nitrogens with one attached hydrogen (secondary N) is 2. The first kappa shape index (κ1) is 65.3. The molecule has 21 nitrogen and oxygen atoms in total. The van der Waals surface area contributed by atoms with Crippen molar-refractivity contribution in [2.24, 2.45) is 5.92 Å². The van der Waals surface area contributed by atoms with Crippen LogP contribution in [0.2, 0.25) is 5.02 Å². The van der Waals surface area contributed by atoms with Gasteiger partial charge in [0.2, 0.25) is 21.8 Å². The summed E-state index contributed by atoms with van der Waals surface area (Å²) in [5.41, 5.74) is -11.7. The summed E-state index contributed by atoms with van der Waals surface area (Å²) in [6.45, 7) is 1.15. The van der Waals surface area contributed by atoms with Gasteiger partial charge in [-0.3, -0.25) is 33.5 Å². The van der Waals surface area contributed by atoms with Crippen molar-refractivity contribution >= 4 is 73.9 Å². The van der Waals surface area contributed by atoms with Crippen LogP contribution in [0.5, 0.6) is 5.75 Å². The number of phosphoric ester groups is 1. The van der Waals surface area contributed by atoms with Crippen LogP contribution in [0, 0.1) is 29.4 Å². The third-order valence-electron chi connectivity index (χ3n) is 14.1. The van der Waals surface area contributed by atoms with E-state index in [1.54, 1.807) is 4.72 Å². The van der Waals surface area contributed by atoms with Crippen molar-refractivity contribution < 1.29 is 109 Å². The highest BCUT2D eigenvalue weighted by atomic mass is 35.5. The summed E-state index contributed by atoms with van der Waals surface area (Å²) in [5, 5.41) is 28.2. The van der Waals surface area contributed by atoms with E-state index < -0.39 is 213 Å². The van der Waals surface area contributed by atoms with Gasteiger partial charge in [-0.2, -0.15) is 45.3 Å². The minimum Gasteiger partial charge on any atom is -0.478 e. The Morgan fingerprint density at radius 1 is 0.885 bits per heavy atom. The van der Waals surface area contributed by atoms with Gasteiger partial charge in [0, 0.05) is 57.7 Å². The molecule has 6 aromatic rings. The molecule has 466 valence electrons. The molecule has 1 fully saturated rings. The van der Waals surface area contributed by atoms with E-state index in [2.05, 4.69) is 36.9 Å². The maximum absolute atomic E-state index is 15.7. The van der Waals surface area contributed by atoms with E-state index in [0.717, 1.165) is 56.5 Å². The minimum absolute atomic E-state index is 0.150. The van der Waals surface area contributed by atoms with Crippen molar-refractivity contribution in [1.29, 1.82) is 0 Å². The number of amides is 2. The molecule has 3 atom stereocenters. The smallest absolute Gasteiger partial charge is 0.478 e. The first-order valence-electron chi connectivity index (χ1n) is 25.0. The minimum atomic E-state index is -5.61. The summed E-state index contributed by atoms with van der Waals surface area (Å²) in [4.78, 5) is 75.9. The molecule has 87 heavy (non-hydrogen) atoms. The van der Waals surface area contributed by atoms with Crippen LogP contribution >= 0.6 is 19.4 Å². The van der Waals surface area contributed by atoms with E-state index in [-0.39, 0.29) is 32.6 Å². The molecule has 8 rings (SSSR count). The number of sulfonamides is 1. The average molecular weight is 1310 g/mol. The van der Waals surface area contributed by atoms with Gasteiger partial charge in [0.15, 0.2) is 15.5 Å². The van der Waals surface area contributed by atoms with Crippen LogP contribution in [0.15, 0.2) is 54.6 Å². The van der Waals surface area contributed by atoms with Crippen molar-refractivity contribution in [3.8, 4) is 28.7 Å². The number of halogens is 11. The molecule has 0 bridgehead atoms. The van der Waals surface area contributed by atoms with Gasteiger partial charge in [0.25, 0.3) is 5.92 Å². The summed E-state index contributed by atoms with van der Waals surface area (Å²) in [7, 11) is -14.8. The van der Waals surface area contributed by atoms with Crippen LogP contribution in [0.3, 0.4) is 0 Å². The standard InChI is InChI=1S/C52H45ClF10N7O14PS2/c1-48(2,41-31(47(75)76)15-24(46(73)74)16-36(41)84-85(77,78)79)19-37(71)68-87(82,83)21-35-40-33(53)9-8-29(43(40)70(66-35)22-50(56,57)58)28-7-6-27(10-11-49(3,4)86(5,80)81)64-42(28)34(14-23-12-25(54)17-26(55)13-23)65-38(72)20-69-45-39(44(67-69)52(61,62)63)30-18-32(30)51(45,59)60/h6-9,12-13,15-17,30,32,34H,14,18-22H2,1-5H3,(H,65,72)(H,68,71)(H,73,74)(H,75,76)(H2,77,78,79)/t30-,32+,34-/m0/s1. The lowest BCUT2D eigenvalue weighted by Crippen LogP contribution is -2.36. The number of aromatic carboxylic acids is 2. The Hall–Kier alpha value is -7.63. The van der Waals surface area contributed by atoms with Crippen LogP contribution in [0.1, 0.15) is 118 Å². The Morgan fingerprint density at radius 2 is 1.52 bits per heavy atom. The van der Waals surface area contributed by atoms with Gasteiger partial charge in [-0.15, -0.1) is 0 Å². The van der Waals surface area contributed by atoms with E-state index in [9.17, 15) is 95.7 Å². The number of carboxylic acid groups (broad SMARTS) is 2. The molecule has 3 aromatic carbocycles. The molecule has 2 amide bonds. The van der Waals surface area contributed by atoms with Crippen LogP contribution < -0.4 is 14.6 Å². The molecule has 3 heterocycles. The van der Waals surface area contributed by atoms with Crippen molar-refractivity contribution in [3.05, 3.63) is 128 Å². The molecule has 2 aliphatic rings. The molecule has 1 saturated carbocycles. The van der Waals surface area contributed by atoms with Gasteiger partial charge in [-0.25, -0.2) is 44.8 Å². The molecule has 6 N–H and O–H groups in total. The molecule has 0 spiro atoms. The van der Waals surface area contributed by atoms with Crippen molar-refractivity contribution in [3.63, 3.8) is 0 Å². The number of carbonyl (C=O) groups is 4. The zero-order chi connectivity index (χ0) is 64.9. The fourth-order valence-corrected chi connectivity index (χ4v) is 12.1. The number of sulfone groups is 1. The number of phosphoric acid groups is 1. The second-order valence-corrected chi connectivity index (χ2v) is 27.4. The molecule has 2 aliphatic carbocycles. The number of rotatable bonds is 19. The molecule has 0 unspecified atom stereocenters. The summed E-state index contributed by atoms with van der Waals surface area (Å²) in [5.74, 6) is -13.2. The zero-order valence-electron chi connectivity index (χ0n) is 45.2. The van der Waals surface area contributed by atoms with Gasteiger partial charge in [0.1, 0.15) is 52.4 Å². The van der Waals surface area contributed by atoms with Gasteiger partial charge in [-0.05, 0) is 86.6 Å². The fraction of sp³-hybridized carbons (Fsp3) is 0.365. The SMILES string of the molecule is CC(C)(CC(=O)NS(=O)(=O)Cc1nn(CC(F)(F)F)c2c(-c3ccc(C#CC(C)(C)S(C)(=O)=O)nc3[C@H](Cc3cc(F)cc(F)c3)NC(=O)Cn3nc(C(F)(F)F)c4c3C(F)(F)[C@@H]3C[C@H]43)ccc(Cl)c12)c1c(OP(=O)(O)O)cc(C(=O)O)cc1C(=O)O. The Bertz CT molecular complexity index is 4230. The van der Waals surface area contributed by atoms with Crippen molar-refractivity contribution in [1.82, 2.24) is 34.6 Å². The highest BCUT2D eigenvalue weighted by molar-refractivity contribution is 7.92. The maximum atomic E-state index is 15.7. The third-order valence-corrected chi connectivity index (χ3v) is 18.0. The van der Waals surface area contributed by atoms with E-state index in [4.69, 9.17) is 11.6 Å². The number of fused-ring (bicyclic) bond motifs is 4. The second kappa shape index (κ2) is 22.5. The van der Waals surface area contributed by atoms with Crippen molar-refractivity contribution in [2.45, 2.75) is 106 Å². The quantitative estimate of drug-likeness (QED) is 0.0251. The predicted octanol–water partition coefficient (Wildman–Crippen LogP) is 8.47. The van der Waals surface area contributed by atoms with Crippen molar-refractivity contribution in [2.75, 3.05) is 6.26 Å². The lowest BCUT2D eigenvalue weighted by Gasteiger charge is -2.29. The van der Waals surface area contributed by atoms with Crippen LogP contribution in [-0.2, 0) is 76.8 Å². The molecule has 0 aliphatic heterocycles. The predicted molar refractivity (Wildman–Crippen MR) is 284 cm³/mol. The lowest BCUT2D eigenvalue weighted by atomic mass is 9.77. The van der Waals surface area contributed by atoms with E-state index in [1.807, 2.05) is 0 Å². The summed E-state index contributed by atoms with van der Waals surface area (Å²) in [6.07, 6.45) is -11.8. The number of hydrogen-bond donors (Lipinski definition) is 6. The largest absolute Gasteiger partial charge is 0.524 e. The monoisotopic (exact) mass is 1310 g/mol. The second-order valence-electron chi connectivity index (χ2n) is 21.6. The van der Waals surface area contributed by atoms with Crippen LogP contribution in [0.4, 0.5) is 43.9 Å². The van der Waals surface area contributed by atoms with E-state index in [1.165, 1.54) is 13.8 Å². The summed E-state index contributed by atoms with van der Waals surface area (Å²) >= 11 is 6.65. The number of alkyl halides is 8. The lowest BCUT2D eigenvalue weighted by molar-refractivity contribution is -0.143. The Morgan fingerprint density at radius 3 is 2.09 bits per heavy atom. The molecular formula is C52H45ClF10N7O14PS2. The number of benzene rings is 3. The van der Waals surface area contributed by atoms with Gasteiger partial charge >= 0.3 is 32.1 Å². The molecule has 0 saturated heterocycles. The van der Waals surface area contributed by atoms with E-state index in [0.29, 0.717) is 18.2 Å². The fourth-order valence-electron chi connectivity index (χ4n) is 10.2. The molecule has 3 aromatic heterocycles. The Kier molecular flexibility index (Phi) is 16.9. The van der Waals surface area contributed by atoms with E-state index >= 15 is 8.78 Å². The van der Waals surface area contributed by atoms with Gasteiger partial charge in [0.05, 0.1) is 39.1 Å². The number of carboxylic acids is 2. The summed E-state index contributed by atoms with van der Waals surface area (Å²) < 4.78 is 218. The molecule has 35 heteroatoms. The Labute approximate surface area is 490 Å². The van der Waals surface area contributed by atoms with Crippen LogP contribution in [0.25, 0.3) is 22.0 Å². The first-order valence-corrected chi connectivity index (χ1v) is 30.5. The highest BCUT2D eigenvalue weighted by Crippen LogP contribution is 2.68. The molecule has 0 radical (unpaired) electrons. The van der Waals surface area contributed by atoms with Crippen LogP contribution in [-0.4, -0.2) is 102 Å². The highest BCUT2D eigenvalue weighted by Gasteiger charge is 2.68. The number of aromatic nitrogens is 5. The zero-order valence-corrected chi connectivity index (χ0v) is 48.5. The van der Waals surface area contributed by atoms with Gasteiger partial charge in [-0.1, -0.05) is 37.4 Å². The maximum Gasteiger partial charge on any atom is 0.524 e. The number of hydrogen-bond acceptors (Lipinski definition) is 13. The number of pyridine rings is 1. The topological polar surface area (TPSA) is 316 Å². The Balaban J connectivity index is 1.26. The average Bonchev–Trinajstić information content (AvgIpc) is 1.53. The number of nitrogens with zero attached hydrogens (tertiary/aromatic N) is 5. The normalized spacial score (nSPS) is 16.3. The van der Waals surface area contributed by atoms with Gasteiger partial charge < -0.3 is 20.1 Å².